The molecule has 1 rings (SSSR count). The maximum Gasteiger partial charge on any atom is 0.234 e. The van der Waals surface area contributed by atoms with Crippen molar-refractivity contribution >= 4 is 11.6 Å². The lowest BCUT2D eigenvalue weighted by molar-refractivity contribution is -0.122. The first-order chi connectivity index (χ1) is 8.61. The zero-order valence-corrected chi connectivity index (χ0v) is 10.5. The first-order valence-corrected chi connectivity index (χ1v) is 5.78. The lowest BCUT2D eigenvalue weighted by atomic mass is 10.2. The van der Waals surface area contributed by atoms with Gasteiger partial charge in [0.1, 0.15) is 0 Å². The molecular weight excluding hydrogens is 228 g/mol. The lowest BCUT2D eigenvalue weighted by Crippen LogP contribution is -2.35. The molecule has 1 aromatic rings. The van der Waals surface area contributed by atoms with Gasteiger partial charge < -0.3 is 11.1 Å². The molecule has 0 bridgehead atoms. The molecule has 0 saturated heterocycles. The molecule has 5 nitrogen and oxygen atoms in total. The summed E-state index contributed by atoms with van der Waals surface area (Å²) < 4.78 is 0. The Balaban J connectivity index is 2.33. The van der Waals surface area contributed by atoms with Gasteiger partial charge in [-0.3, -0.25) is 9.69 Å². The Labute approximate surface area is 107 Å². The standard InChI is InChI=1S/C13H18N4O/c1-17(10-13(18)16-8-2-7-14)9-11-3-5-12(15)6-4-11/h3-6H,2,8-10,15H2,1H3,(H,16,18). The molecule has 0 atom stereocenters. The molecule has 18 heavy (non-hydrogen) atoms. The van der Waals surface area contributed by atoms with Crippen LogP contribution in [0.3, 0.4) is 0 Å². The van der Waals surface area contributed by atoms with Crippen LogP contribution < -0.4 is 11.1 Å². The minimum Gasteiger partial charge on any atom is -0.399 e. The topological polar surface area (TPSA) is 82.2 Å². The van der Waals surface area contributed by atoms with Gasteiger partial charge in [0.05, 0.1) is 19.0 Å². The van der Waals surface area contributed by atoms with E-state index in [-0.39, 0.29) is 5.91 Å². The summed E-state index contributed by atoms with van der Waals surface area (Å²) >= 11 is 0. The molecule has 0 unspecified atom stereocenters. The Bertz CT molecular complexity index is 422. The Morgan fingerprint density at radius 3 is 2.72 bits per heavy atom. The number of carbonyl (C=O) groups excluding carboxylic acids is 1. The van der Waals surface area contributed by atoms with E-state index in [0.29, 0.717) is 26.1 Å². The number of nitrogens with two attached hydrogens (primary N) is 1. The van der Waals surface area contributed by atoms with E-state index in [1.807, 2.05) is 42.3 Å². The third-order valence-electron chi connectivity index (χ3n) is 2.40. The van der Waals surface area contributed by atoms with Crippen LogP contribution in [-0.4, -0.2) is 30.9 Å². The monoisotopic (exact) mass is 246 g/mol. The molecule has 1 amide bonds. The van der Waals surface area contributed by atoms with Gasteiger partial charge in [-0.2, -0.15) is 5.26 Å². The van der Waals surface area contributed by atoms with Crippen molar-refractivity contribution in [2.45, 2.75) is 13.0 Å². The molecule has 0 aliphatic carbocycles. The van der Waals surface area contributed by atoms with Crippen LogP contribution in [0.5, 0.6) is 0 Å². The van der Waals surface area contributed by atoms with Gasteiger partial charge in [-0.15, -0.1) is 0 Å². The maximum atomic E-state index is 11.5. The number of benzene rings is 1. The first-order valence-electron chi connectivity index (χ1n) is 5.78. The predicted octanol–water partition coefficient (Wildman–Crippen LogP) is 0.730. The number of nitrogens with one attached hydrogen (secondary N) is 1. The van der Waals surface area contributed by atoms with Crippen LogP contribution in [0.25, 0.3) is 0 Å². The Morgan fingerprint density at radius 2 is 2.11 bits per heavy atom. The molecule has 0 aliphatic heterocycles. The second-order valence-electron chi connectivity index (χ2n) is 4.17. The minimum absolute atomic E-state index is 0.0665. The van der Waals surface area contributed by atoms with Crippen molar-refractivity contribution in [3.05, 3.63) is 29.8 Å². The summed E-state index contributed by atoms with van der Waals surface area (Å²) in [5.74, 6) is -0.0665. The highest BCUT2D eigenvalue weighted by atomic mass is 16.2. The minimum atomic E-state index is -0.0665. The van der Waals surface area contributed by atoms with Gasteiger partial charge >= 0.3 is 0 Å². The number of anilines is 1. The third kappa shape index (κ3) is 5.32. The van der Waals surface area contributed by atoms with E-state index < -0.39 is 0 Å². The Hall–Kier alpha value is -2.06. The van der Waals surface area contributed by atoms with Gasteiger partial charge in [0, 0.05) is 18.8 Å². The van der Waals surface area contributed by atoms with Crippen LogP contribution in [0.4, 0.5) is 5.69 Å². The van der Waals surface area contributed by atoms with E-state index in [9.17, 15) is 4.79 Å². The molecule has 0 aromatic heterocycles. The summed E-state index contributed by atoms with van der Waals surface area (Å²) in [6.07, 6.45) is 0.341. The number of hydrogen-bond donors (Lipinski definition) is 2. The Morgan fingerprint density at radius 1 is 1.44 bits per heavy atom. The van der Waals surface area contributed by atoms with Crippen LogP contribution in [0, 0.1) is 11.3 Å². The fourth-order valence-corrected chi connectivity index (χ4v) is 1.55. The van der Waals surface area contributed by atoms with Crippen molar-refractivity contribution in [2.24, 2.45) is 0 Å². The molecule has 0 aliphatic rings. The summed E-state index contributed by atoms with van der Waals surface area (Å²) in [5, 5.41) is 11.0. The average molecular weight is 246 g/mol. The van der Waals surface area contributed by atoms with Crippen molar-refractivity contribution in [1.29, 1.82) is 5.26 Å². The predicted molar refractivity (Wildman–Crippen MR) is 70.4 cm³/mol. The van der Waals surface area contributed by atoms with E-state index >= 15 is 0 Å². The molecule has 5 heteroatoms. The lowest BCUT2D eigenvalue weighted by Gasteiger charge is -2.16. The second-order valence-corrected chi connectivity index (χ2v) is 4.17. The van der Waals surface area contributed by atoms with Crippen molar-refractivity contribution in [3.8, 4) is 6.07 Å². The fourth-order valence-electron chi connectivity index (χ4n) is 1.55. The highest BCUT2D eigenvalue weighted by molar-refractivity contribution is 5.77. The van der Waals surface area contributed by atoms with E-state index in [2.05, 4.69) is 5.32 Å². The number of nitrogen functional groups attached to an aromatic ring is 1. The van der Waals surface area contributed by atoms with Crippen molar-refractivity contribution in [1.82, 2.24) is 10.2 Å². The summed E-state index contributed by atoms with van der Waals surface area (Å²) in [5.41, 5.74) is 7.44. The van der Waals surface area contributed by atoms with E-state index in [0.717, 1.165) is 11.3 Å². The quantitative estimate of drug-likeness (QED) is 0.572. The molecule has 3 N–H and O–H groups in total. The summed E-state index contributed by atoms with van der Waals surface area (Å²) in [4.78, 5) is 13.4. The van der Waals surface area contributed by atoms with Gasteiger partial charge in [0.2, 0.25) is 5.91 Å². The van der Waals surface area contributed by atoms with Crippen LogP contribution >= 0.6 is 0 Å². The largest absolute Gasteiger partial charge is 0.399 e. The first kappa shape index (κ1) is 14.0. The highest BCUT2D eigenvalue weighted by Gasteiger charge is 2.06. The van der Waals surface area contributed by atoms with Gasteiger partial charge in [-0.1, -0.05) is 12.1 Å². The molecule has 0 heterocycles. The zero-order valence-electron chi connectivity index (χ0n) is 10.5. The number of amides is 1. The van der Waals surface area contributed by atoms with Gasteiger partial charge in [-0.05, 0) is 24.7 Å². The Kier molecular flexibility index (Phi) is 5.68. The number of nitriles is 1. The van der Waals surface area contributed by atoms with E-state index in [1.54, 1.807) is 0 Å². The number of carbonyl (C=O) groups is 1. The molecule has 96 valence electrons. The van der Waals surface area contributed by atoms with E-state index in [1.165, 1.54) is 0 Å². The summed E-state index contributed by atoms with van der Waals surface area (Å²) in [6, 6.07) is 9.56. The number of likely N-dealkylation sites (N-methyl/N-ethyl adjacent to an activating group) is 1. The number of hydrogen-bond acceptors (Lipinski definition) is 4. The van der Waals surface area contributed by atoms with Crippen LogP contribution in [0.1, 0.15) is 12.0 Å². The molecule has 1 aromatic carbocycles. The fraction of sp³-hybridized carbons (Fsp3) is 0.385. The van der Waals surface area contributed by atoms with Crippen LogP contribution in [-0.2, 0) is 11.3 Å². The smallest absolute Gasteiger partial charge is 0.234 e. The van der Waals surface area contributed by atoms with Crippen molar-refractivity contribution in [3.63, 3.8) is 0 Å². The third-order valence-corrected chi connectivity index (χ3v) is 2.40. The maximum absolute atomic E-state index is 11.5. The van der Waals surface area contributed by atoms with Crippen LogP contribution in [0.15, 0.2) is 24.3 Å². The second kappa shape index (κ2) is 7.30. The van der Waals surface area contributed by atoms with Gasteiger partial charge in [-0.25, -0.2) is 0 Å². The van der Waals surface area contributed by atoms with Crippen LogP contribution in [0.2, 0.25) is 0 Å². The SMILES string of the molecule is CN(CC(=O)NCCC#N)Cc1ccc(N)cc1. The number of nitrogens with zero attached hydrogens (tertiary/aromatic N) is 2. The molecular formula is C13H18N4O. The molecule has 0 radical (unpaired) electrons. The highest BCUT2D eigenvalue weighted by Crippen LogP contribution is 2.07. The summed E-state index contributed by atoms with van der Waals surface area (Å²) in [7, 11) is 1.88. The average Bonchev–Trinajstić information content (AvgIpc) is 2.32. The normalized spacial score (nSPS) is 10.1. The zero-order chi connectivity index (χ0) is 13.4. The van der Waals surface area contributed by atoms with Gasteiger partial charge in [0.15, 0.2) is 0 Å². The molecule has 0 saturated carbocycles. The number of rotatable bonds is 6. The van der Waals surface area contributed by atoms with Crippen molar-refractivity contribution < 1.29 is 4.79 Å². The van der Waals surface area contributed by atoms with E-state index in [4.69, 9.17) is 11.0 Å². The summed E-state index contributed by atoms with van der Waals surface area (Å²) in [6.45, 7) is 1.41. The molecule has 0 fully saturated rings. The van der Waals surface area contributed by atoms with Gasteiger partial charge in [0.25, 0.3) is 0 Å². The van der Waals surface area contributed by atoms with Crippen molar-refractivity contribution in [2.75, 3.05) is 25.9 Å². The molecule has 0 spiro atoms.